The van der Waals surface area contributed by atoms with Gasteiger partial charge in [0, 0.05) is 11.1 Å². The molecule has 4 heteroatoms. The van der Waals surface area contributed by atoms with Gasteiger partial charge in [-0.2, -0.15) is 0 Å². The van der Waals surface area contributed by atoms with Crippen molar-refractivity contribution >= 4 is 11.6 Å². The molecule has 1 N–H and O–H groups in total. The molecule has 112 valence electrons. The SMILES string of the molecule is CNC(C)c1c(OC)cccc1Oc1ccc(Cl)cc1C. The Morgan fingerprint density at radius 2 is 1.81 bits per heavy atom. The van der Waals surface area contributed by atoms with E-state index < -0.39 is 0 Å². The number of benzene rings is 2. The fourth-order valence-electron chi connectivity index (χ4n) is 2.21. The summed E-state index contributed by atoms with van der Waals surface area (Å²) in [6.07, 6.45) is 0. The number of halogens is 1. The Hall–Kier alpha value is -1.71. The molecule has 3 nitrogen and oxygen atoms in total. The van der Waals surface area contributed by atoms with Crippen LogP contribution in [-0.2, 0) is 0 Å². The summed E-state index contributed by atoms with van der Waals surface area (Å²) in [7, 11) is 3.58. The lowest BCUT2D eigenvalue weighted by atomic mass is 10.1. The minimum absolute atomic E-state index is 0.115. The van der Waals surface area contributed by atoms with E-state index >= 15 is 0 Å². The van der Waals surface area contributed by atoms with E-state index in [4.69, 9.17) is 21.1 Å². The van der Waals surface area contributed by atoms with Crippen molar-refractivity contribution in [3.05, 3.63) is 52.5 Å². The van der Waals surface area contributed by atoms with Crippen LogP contribution in [0.25, 0.3) is 0 Å². The van der Waals surface area contributed by atoms with Gasteiger partial charge in [0.2, 0.25) is 0 Å². The van der Waals surface area contributed by atoms with Gasteiger partial charge in [0.25, 0.3) is 0 Å². The summed E-state index contributed by atoms with van der Waals surface area (Å²) in [6, 6.07) is 11.5. The van der Waals surface area contributed by atoms with Gasteiger partial charge in [-0.1, -0.05) is 17.7 Å². The summed E-state index contributed by atoms with van der Waals surface area (Å²) in [5.74, 6) is 2.37. The number of rotatable bonds is 5. The van der Waals surface area contributed by atoms with Crippen molar-refractivity contribution < 1.29 is 9.47 Å². The molecule has 0 amide bonds. The van der Waals surface area contributed by atoms with E-state index in [0.29, 0.717) is 5.02 Å². The van der Waals surface area contributed by atoms with Crippen LogP contribution in [-0.4, -0.2) is 14.2 Å². The zero-order valence-corrected chi connectivity index (χ0v) is 13.5. The molecule has 0 radical (unpaired) electrons. The minimum atomic E-state index is 0.115. The normalized spacial score (nSPS) is 12.0. The van der Waals surface area contributed by atoms with Crippen molar-refractivity contribution in [2.24, 2.45) is 0 Å². The van der Waals surface area contributed by atoms with Crippen LogP contribution in [0, 0.1) is 6.92 Å². The average molecular weight is 306 g/mol. The molecule has 0 heterocycles. The number of hydrogen-bond acceptors (Lipinski definition) is 3. The van der Waals surface area contributed by atoms with Crippen molar-refractivity contribution in [1.82, 2.24) is 5.32 Å². The van der Waals surface area contributed by atoms with Gasteiger partial charge in [-0.25, -0.2) is 0 Å². The van der Waals surface area contributed by atoms with Crippen LogP contribution < -0.4 is 14.8 Å². The Labute approximate surface area is 130 Å². The second-order valence-electron chi connectivity index (χ2n) is 4.89. The average Bonchev–Trinajstić information content (AvgIpc) is 2.49. The maximum Gasteiger partial charge on any atom is 0.135 e. The Morgan fingerprint density at radius 3 is 2.43 bits per heavy atom. The van der Waals surface area contributed by atoms with E-state index in [1.54, 1.807) is 7.11 Å². The number of nitrogens with one attached hydrogen (secondary N) is 1. The van der Waals surface area contributed by atoms with E-state index in [1.165, 1.54) is 0 Å². The molecule has 1 unspecified atom stereocenters. The molecular weight excluding hydrogens is 286 g/mol. The standard InChI is InChI=1S/C17H20ClNO2/c1-11-10-13(18)8-9-14(11)21-16-7-5-6-15(20-4)17(16)12(2)19-3/h5-10,12,19H,1-4H3. The summed E-state index contributed by atoms with van der Waals surface area (Å²) < 4.78 is 11.5. The Balaban J connectivity index is 2.43. The van der Waals surface area contributed by atoms with Crippen molar-refractivity contribution in [1.29, 1.82) is 0 Å². The topological polar surface area (TPSA) is 30.5 Å². The first-order valence-electron chi connectivity index (χ1n) is 6.85. The van der Waals surface area contributed by atoms with Crippen molar-refractivity contribution in [2.75, 3.05) is 14.2 Å². The molecule has 0 spiro atoms. The van der Waals surface area contributed by atoms with Gasteiger partial charge < -0.3 is 14.8 Å². The molecule has 0 bridgehead atoms. The van der Waals surface area contributed by atoms with Gasteiger partial charge in [-0.05, 0) is 56.8 Å². The molecule has 0 aliphatic rings. The third kappa shape index (κ3) is 3.49. The maximum atomic E-state index is 6.08. The predicted molar refractivity (Wildman–Crippen MR) is 86.7 cm³/mol. The van der Waals surface area contributed by atoms with Crippen molar-refractivity contribution in [3.8, 4) is 17.2 Å². The summed E-state index contributed by atoms with van der Waals surface area (Å²) in [6.45, 7) is 4.04. The van der Waals surface area contributed by atoms with Crippen LogP contribution in [0.5, 0.6) is 17.2 Å². The molecule has 21 heavy (non-hydrogen) atoms. The lowest BCUT2D eigenvalue weighted by molar-refractivity contribution is 0.393. The highest BCUT2D eigenvalue weighted by Crippen LogP contribution is 2.37. The van der Waals surface area contributed by atoms with Gasteiger partial charge in [-0.15, -0.1) is 0 Å². The third-order valence-electron chi connectivity index (χ3n) is 3.47. The second-order valence-corrected chi connectivity index (χ2v) is 5.33. The quantitative estimate of drug-likeness (QED) is 0.866. The monoisotopic (exact) mass is 305 g/mol. The molecule has 0 aliphatic carbocycles. The first-order chi connectivity index (χ1) is 10.1. The van der Waals surface area contributed by atoms with Gasteiger partial charge in [0.1, 0.15) is 17.2 Å². The molecule has 1 atom stereocenters. The third-order valence-corrected chi connectivity index (χ3v) is 3.70. The number of ether oxygens (including phenoxy) is 2. The fourth-order valence-corrected chi connectivity index (χ4v) is 2.43. The zero-order chi connectivity index (χ0) is 15.4. The van der Waals surface area contributed by atoms with Crippen LogP contribution in [0.3, 0.4) is 0 Å². The van der Waals surface area contributed by atoms with Gasteiger partial charge in [0.15, 0.2) is 0 Å². The summed E-state index contributed by atoms with van der Waals surface area (Å²) in [4.78, 5) is 0. The molecule has 0 fully saturated rings. The van der Waals surface area contributed by atoms with Crippen molar-refractivity contribution in [2.45, 2.75) is 19.9 Å². The Morgan fingerprint density at radius 1 is 1.10 bits per heavy atom. The highest BCUT2D eigenvalue weighted by molar-refractivity contribution is 6.30. The maximum absolute atomic E-state index is 6.08. The lowest BCUT2D eigenvalue weighted by Crippen LogP contribution is -2.14. The highest BCUT2D eigenvalue weighted by Gasteiger charge is 2.17. The fraction of sp³-hybridized carbons (Fsp3) is 0.294. The van der Waals surface area contributed by atoms with Crippen LogP contribution in [0.2, 0.25) is 5.02 Å². The van der Waals surface area contributed by atoms with Crippen LogP contribution in [0.4, 0.5) is 0 Å². The summed E-state index contributed by atoms with van der Waals surface area (Å²) >= 11 is 5.99. The Kier molecular flexibility index (Phi) is 5.10. The van der Waals surface area contributed by atoms with E-state index in [9.17, 15) is 0 Å². The van der Waals surface area contributed by atoms with E-state index in [0.717, 1.165) is 28.4 Å². The number of aryl methyl sites for hydroxylation is 1. The minimum Gasteiger partial charge on any atom is -0.496 e. The van der Waals surface area contributed by atoms with E-state index in [-0.39, 0.29) is 6.04 Å². The first kappa shape index (κ1) is 15.7. The summed E-state index contributed by atoms with van der Waals surface area (Å²) in [5.41, 5.74) is 1.99. The van der Waals surface area contributed by atoms with Gasteiger partial charge >= 0.3 is 0 Å². The predicted octanol–water partition coefficient (Wildman–Crippen LogP) is 4.73. The van der Waals surface area contributed by atoms with Crippen molar-refractivity contribution in [3.63, 3.8) is 0 Å². The van der Waals surface area contributed by atoms with Gasteiger partial charge in [-0.3, -0.25) is 0 Å². The molecule has 0 aromatic heterocycles. The smallest absolute Gasteiger partial charge is 0.135 e. The lowest BCUT2D eigenvalue weighted by Gasteiger charge is -2.20. The molecule has 2 aromatic rings. The van der Waals surface area contributed by atoms with Crippen LogP contribution in [0.15, 0.2) is 36.4 Å². The molecule has 0 aliphatic heterocycles. The van der Waals surface area contributed by atoms with Crippen LogP contribution in [0.1, 0.15) is 24.1 Å². The molecule has 2 aromatic carbocycles. The van der Waals surface area contributed by atoms with Crippen LogP contribution >= 0.6 is 11.6 Å². The van der Waals surface area contributed by atoms with E-state index in [1.807, 2.05) is 50.4 Å². The first-order valence-corrected chi connectivity index (χ1v) is 7.22. The molecular formula is C17H20ClNO2. The van der Waals surface area contributed by atoms with E-state index in [2.05, 4.69) is 12.2 Å². The highest BCUT2D eigenvalue weighted by atomic mass is 35.5. The number of hydrogen-bond donors (Lipinski definition) is 1. The number of methoxy groups -OCH3 is 1. The largest absolute Gasteiger partial charge is 0.496 e. The Bertz CT molecular complexity index is 628. The molecule has 2 rings (SSSR count). The molecule has 0 saturated heterocycles. The summed E-state index contributed by atoms with van der Waals surface area (Å²) in [5, 5.41) is 3.93. The molecule has 0 saturated carbocycles. The second kappa shape index (κ2) is 6.83. The zero-order valence-electron chi connectivity index (χ0n) is 12.7. The van der Waals surface area contributed by atoms with Gasteiger partial charge in [0.05, 0.1) is 12.7 Å².